The third-order valence-corrected chi connectivity index (χ3v) is 3.61. The van der Waals surface area contributed by atoms with E-state index in [-0.39, 0.29) is 5.91 Å². The summed E-state index contributed by atoms with van der Waals surface area (Å²) in [5.41, 5.74) is 1.25. The first kappa shape index (κ1) is 15.1. The maximum Gasteiger partial charge on any atom is 0.255 e. The standard InChI is InChI=1S/C15H13ClINO2/c1-2-20-14-8-7-12(9-13(14)16)18-15(19)10-3-5-11(17)6-4-10/h3-9H,2H2,1H3,(H,18,19). The molecule has 1 amide bonds. The van der Waals surface area contributed by atoms with Crippen LogP contribution in [0.1, 0.15) is 17.3 Å². The summed E-state index contributed by atoms with van der Waals surface area (Å²) >= 11 is 8.28. The predicted molar refractivity (Wildman–Crippen MR) is 89.7 cm³/mol. The Bertz CT molecular complexity index is 614. The highest BCUT2D eigenvalue weighted by atomic mass is 127. The molecule has 0 saturated carbocycles. The van der Waals surface area contributed by atoms with Gasteiger partial charge in [0.2, 0.25) is 0 Å². The molecule has 2 aromatic carbocycles. The van der Waals surface area contributed by atoms with Crippen molar-refractivity contribution in [1.29, 1.82) is 0 Å². The van der Waals surface area contributed by atoms with Crippen LogP contribution in [0, 0.1) is 3.57 Å². The highest BCUT2D eigenvalue weighted by Crippen LogP contribution is 2.27. The average molecular weight is 402 g/mol. The maximum atomic E-state index is 12.1. The molecule has 0 atom stereocenters. The van der Waals surface area contributed by atoms with E-state index < -0.39 is 0 Å². The summed E-state index contributed by atoms with van der Waals surface area (Å²) in [6.07, 6.45) is 0. The summed E-state index contributed by atoms with van der Waals surface area (Å²) < 4.78 is 6.44. The molecule has 0 aromatic heterocycles. The maximum absolute atomic E-state index is 12.1. The molecule has 0 radical (unpaired) electrons. The molecule has 0 aliphatic rings. The second-order valence-corrected chi connectivity index (χ2v) is 5.69. The second kappa shape index (κ2) is 6.95. The minimum absolute atomic E-state index is 0.165. The lowest BCUT2D eigenvalue weighted by molar-refractivity contribution is 0.102. The molecule has 0 spiro atoms. The largest absolute Gasteiger partial charge is 0.492 e. The fraction of sp³-hybridized carbons (Fsp3) is 0.133. The molecule has 0 saturated heterocycles. The van der Waals surface area contributed by atoms with Crippen LogP contribution in [0.25, 0.3) is 0 Å². The zero-order chi connectivity index (χ0) is 14.5. The van der Waals surface area contributed by atoms with Gasteiger partial charge < -0.3 is 10.1 Å². The van der Waals surface area contributed by atoms with Gasteiger partial charge in [0.25, 0.3) is 5.91 Å². The molecule has 0 aliphatic heterocycles. The number of anilines is 1. The monoisotopic (exact) mass is 401 g/mol. The third-order valence-electron chi connectivity index (χ3n) is 2.60. The van der Waals surface area contributed by atoms with Gasteiger partial charge in [-0.15, -0.1) is 0 Å². The first-order valence-corrected chi connectivity index (χ1v) is 7.55. The van der Waals surface area contributed by atoms with Crippen molar-refractivity contribution in [3.63, 3.8) is 0 Å². The third kappa shape index (κ3) is 3.86. The highest BCUT2D eigenvalue weighted by Gasteiger charge is 2.08. The molecular weight excluding hydrogens is 389 g/mol. The van der Waals surface area contributed by atoms with E-state index in [1.165, 1.54) is 0 Å². The number of carbonyl (C=O) groups is 1. The van der Waals surface area contributed by atoms with E-state index in [0.717, 1.165) is 3.57 Å². The van der Waals surface area contributed by atoms with Crippen LogP contribution in [0.15, 0.2) is 42.5 Å². The fourth-order valence-electron chi connectivity index (χ4n) is 1.66. The van der Waals surface area contributed by atoms with E-state index >= 15 is 0 Å². The molecule has 1 N–H and O–H groups in total. The average Bonchev–Trinajstić information content (AvgIpc) is 2.42. The molecule has 0 fully saturated rings. The lowest BCUT2D eigenvalue weighted by Crippen LogP contribution is -2.11. The molecule has 3 nitrogen and oxygen atoms in total. The van der Waals surface area contributed by atoms with Crippen molar-refractivity contribution in [3.05, 3.63) is 56.6 Å². The van der Waals surface area contributed by atoms with Gasteiger partial charge >= 0.3 is 0 Å². The molecule has 2 aromatic rings. The Morgan fingerprint density at radius 1 is 1.25 bits per heavy atom. The van der Waals surface area contributed by atoms with Crippen LogP contribution in [-0.2, 0) is 0 Å². The van der Waals surface area contributed by atoms with E-state index in [9.17, 15) is 4.79 Å². The first-order chi connectivity index (χ1) is 9.60. The molecule has 0 aliphatic carbocycles. The lowest BCUT2D eigenvalue weighted by Gasteiger charge is -2.09. The zero-order valence-electron chi connectivity index (χ0n) is 10.8. The summed E-state index contributed by atoms with van der Waals surface area (Å²) in [6, 6.07) is 12.5. The quantitative estimate of drug-likeness (QED) is 0.761. The van der Waals surface area contributed by atoms with Gasteiger partial charge in [0, 0.05) is 14.8 Å². The Balaban J connectivity index is 2.11. The molecular formula is C15H13ClINO2. The summed E-state index contributed by atoms with van der Waals surface area (Å²) in [4.78, 5) is 12.1. The number of nitrogens with one attached hydrogen (secondary N) is 1. The van der Waals surface area contributed by atoms with Crippen LogP contribution < -0.4 is 10.1 Å². The SMILES string of the molecule is CCOc1ccc(NC(=O)c2ccc(I)cc2)cc1Cl. The van der Waals surface area contributed by atoms with Crippen molar-refractivity contribution in [2.45, 2.75) is 6.92 Å². The highest BCUT2D eigenvalue weighted by molar-refractivity contribution is 14.1. The number of carbonyl (C=O) groups excluding carboxylic acids is 1. The summed E-state index contributed by atoms with van der Waals surface area (Å²) in [5, 5.41) is 3.29. The van der Waals surface area contributed by atoms with Crippen molar-refractivity contribution in [3.8, 4) is 5.75 Å². The Morgan fingerprint density at radius 3 is 2.55 bits per heavy atom. The van der Waals surface area contributed by atoms with Crippen LogP contribution in [-0.4, -0.2) is 12.5 Å². The van der Waals surface area contributed by atoms with Crippen LogP contribution in [0.5, 0.6) is 5.75 Å². The Labute approximate surface area is 136 Å². The summed E-state index contributed by atoms with van der Waals surface area (Å²) in [7, 11) is 0. The summed E-state index contributed by atoms with van der Waals surface area (Å²) in [5.74, 6) is 0.447. The minimum atomic E-state index is -0.165. The molecule has 0 bridgehead atoms. The van der Waals surface area contributed by atoms with Gasteiger partial charge in [-0.1, -0.05) is 11.6 Å². The van der Waals surface area contributed by atoms with Gasteiger partial charge in [-0.2, -0.15) is 0 Å². The van der Waals surface area contributed by atoms with E-state index in [0.29, 0.717) is 28.6 Å². The van der Waals surface area contributed by atoms with Crippen LogP contribution in [0.2, 0.25) is 5.02 Å². The number of ether oxygens (including phenoxy) is 1. The van der Waals surface area contributed by atoms with E-state index in [1.807, 2.05) is 19.1 Å². The number of benzene rings is 2. The van der Waals surface area contributed by atoms with Crippen molar-refractivity contribution in [2.75, 3.05) is 11.9 Å². The minimum Gasteiger partial charge on any atom is -0.492 e. The van der Waals surface area contributed by atoms with Crippen molar-refractivity contribution in [2.24, 2.45) is 0 Å². The smallest absolute Gasteiger partial charge is 0.255 e. The molecule has 20 heavy (non-hydrogen) atoms. The lowest BCUT2D eigenvalue weighted by atomic mass is 10.2. The molecule has 2 rings (SSSR count). The van der Waals surface area contributed by atoms with Gasteiger partial charge in [-0.05, 0) is 72.0 Å². The van der Waals surface area contributed by atoms with Gasteiger partial charge in [0.05, 0.1) is 11.6 Å². The van der Waals surface area contributed by atoms with Gasteiger partial charge in [-0.3, -0.25) is 4.79 Å². The summed E-state index contributed by atoms with van der Waals surface area (Å²) in [6.45, 7) is 2.44. The Kier molecular flexibility index (Phi) is 5.25. The van der Waals surface area contributed by atoms with Crippen LogP contribution in [0.3, 0.4) is 0 Å². The van der Waals surface area contributed by atoms with Crippen LogP contribution >= 0.6 is 34.2 Å². The second-order valence-electron chi connectivity index (χ2n) is 4.04. The molecule has 5 heteroatoms. The van der Waals surface area contributed by atoms with Gasteiger partial charge in [0.15, 0.2) is 0 Å². The number of halogens is 2. The number of rotatable bonds is 4. The number of hydrogen-bond acceptors (Lipinski definition) is 2. The van der Waals surface area contributed by atoms with Gasteiger partial charge in [0.1, 0.15) is 5.75 Å². The zero-order valence-corrected chi connectivity index (χ0v) is 13.7. The number of amides is 1. The van der Waals surface area contributed by atoms with Crippen molar-refractivity contribution in [1.82, 2.24) is 0 Å². The Hall–Kier alpha value is -1.27. The first-order valence-electron chi connectivity index (χ1n) is 6.09. The van der Waals surface area contributed by atoms with E-state index in [1.54, 1.807) is 30.3 Å². The predicted octanol–water partition coefficient (Wildman–Crippen LogP) is 4.60. The fourth-order valence-corrected chi connectivity index (χ4v) is 2.25. The van der Waals surface area contributed by atoms with Crippen molar-refractivity contribution >= 4 is 45.8 Å². The van der Waals surface area contributed by atoms with Gasteiger partial charge in [-0.25, -0.2) is 0 Å². The Morgan fingerprint density at radius 2 is 1.95 bits per heavy atom. The number of hydrogen-bond donors (Lipinski definition) is 1. The van der Waals surface area contributed by atoms with E-state index in [2.05, 4.69) is 27.9 Å². The van der Waals surface area contributed by atoms with Crippen LogP contribution in [0.4, 0.5) is 5.69 Å². The van der Waals surface area contributed by atoms with Crippen molar-refractivity contribution < 1.29 is 9.53 Å². The topological polar surface area (TPSA) is 38.3 Å². The normalized spacial score (nSPS) is 10.2. The molecule has 0 unspecified atom stereocenters. The molecule has 104 valence electrons. The molecule has 0 heterocycles. The van der Waals surface area contributed by atoms with E-state index in [4.69, 9.17) is 16.3 Å².